The van der Waals surface area contributed by atoms with E-state index in [1.807, 2.05) is 13.2 Å². The second-order valence-corrected chi connectivity index (χ2v) is 6.85. The summed E-state index contributed by atoms with van der Waals surface area (Å²) in [4.78, 5) is 11.6. The molecule has 0 radical (unpaired) electrons. The second-order valence-electron chi connectivity index (χ2n) is 6.08. The van der Waals surface area contributed by atoms with E-state index >= 15 is 0 Å². The summed E-state index contributed by atoms with van der Waals surface area (Å²) in [5.74, 6) is 1.63. The maximum absolute atomic E-state index is 11.6. The van der Waals surface area contributed by atoms with Crippen molar-refractivity contribution in [1.29, 1.82) is 0 Å². The lowest BCUT2D eigenvalue weighted by Crippen LogP contribution is -2.27. The first-order valence-corrected chi connectivity index (χ1v) is 9.14. The van der Waals surface area contributed by atoms with Crippen LogP contribution in [0.2, 0.25) is 0 Å². The zero-order valence-electron chi connectivity index (χ0n) is 14.5. The summed E-state index contributed by atoms with van der Waals surface area (Å²) in [7, 11) is 0. The molecule has 6 nitrogen and oxygen atoms in total. The van der Waals surface area contributed by atoms with Crippen molar-refractivity contribution in [3.05, 3.63) is 5.82 Å². The molecule has 1 atom stereocenters. The molecular formula is C15H30ClN5OS. The molecule has 1 aromatic rings. The van der Waals surface area contributed by atoms with Gasteiger partial charge in [-0.15, -0.1) is 22.6 Å². The molecule has 1 amide bonds. The van der Waals surface area contributed by atoms with Crippen LogP contribution in [-0.2, 0) is 17.8 Å². The molecule has 3 N–H and O–H groups in total. The van der Waals surface area contributed by atoms with Crippen LogP contribution >= 0.6 is 24.2 Å². The third-order valence-corrected chi connectivity index (χ3v) is 3.92. The van der Waals surface area contributed by atoms with Gasteiger partial charge in [0.25, 0.3) is 0 Å². The number of carbonyl (C=O) groups excluding carboxylic acids is 1. The fourth-order valence-corrected chi connectivity index (χ4v) is 2.65. The standard InChI is InChI=1S/C15H29N5OS.ClH/c1-11(2)10-20-13(18-19-15(20)22-4)6-5-9-17-14(21)8-7-12(3)16;/h11-12H,5-10,16H2,1-4H3,(H,17,21);1H. The zero-order chi connectivity index (χ0) is 16.5. The molecule has 1 aromatic heterocycles. The molecule has 0 saturated heterocycles. The Morgan fingerprint density at radius 1 is 1.35 bits per heavy atom. The summed E-state index contributed by atoms with van der Waals surface area (Å²) < 4.78 is 2.19. The van der Waals surface area contributed by atoms with E-state index in [9.17, 15) is 4.79 Å². The first kappa shape index (κ1) is 22.2. The predicted octanol–water partition coefficient (Wildman–Crippen LogP) is 2.25. The lowest BCUT2D eigenvalue weighted by molar-refractivity contribution is -0.121. The molecule has 23 heavy (non-hydrogen) atoms. The molecule has 1 heterocycles. The van der Waals surface area contributed by atoms with Crippen LogP contribution in [0.25, 0.3) is 0 Å². The number of amides is 1. The average molecular weight is 364 g/mol. The Morgan fingerprint density at radius 2 is 2.04 bits per heavy atom. The van der Waals surface area contributed by atoms with Crippen LogP contribution in [0.3, 0.4) is 0 Å². The van der Waals surface area contributed by atoms with Gasteiger partial charge in [-0.1, -0.05) is 25.6 Å². The van der Waals surface area contributed by atoms with E-state index in [4.69, 9.17) is 5.73 Å². The van der Waals surface area contributed by atoms with E-state index in [1.165, 1.54) is 0 Å². The number of thioether (sulfide) groups is 1. The molecule has 0 aliphatic rings. The third-order valence-electron chi connectivity index (χ3n) is 3.25. The van der Waals surface area contributed by atoms with Crippen molar-refractivity contribution >= 4 is 30.1 Å². The predicted molar refractivity (Wildman–Crippen MR) is 98.1 cm³/mol. The van der Waals surface area contributed by atoms with E-state index in [1.54, 1.807) is 11.8 Å². The average Bonchev–Trinajstić information content (AvgIpc) is 2.82. The molecule has 0 bridgehead atoms. The van der Waals surface area contributed by atoms with Crippen molar-refractivity contribution in [2.75, 3.05) is 12.8 Å². The van der Waals surface area contributed by atoms with Crippen molar-refractivity contribution < 1.29 is 4.79 Å². The third kappa shape index (κ3) is 8.58. The van der Waals surface area contributed by atoms with Gasteiger partial charge < -0.3 is 15.6 Å². The van der Waals surface area contributed by atoms with Crippen molar-refractivity contribution in [2.24, 2.45) is 11.7 Å². The fraction of sp³-hybridized carbons (Fsp3) is 0.800. The largest absolute Gasteiger partial charge is 0.356 e. The van der Waals surface area contributed by atoms with Crippen LogP contribution < -0.4 is 11.1 Å². The molecule has 134 valence electrons. The number of carbonyl (C=O) groups is 1. The Hall–Kier alpha value is -0.790. The maximum atomic E-state index is 11.6. The molecule has 0 aliphatic heterocycles. The minimum Gasteiger partial charge on any atom is -0.356 e. The van der Waals surface area contributed by atoms with Crippen LogP contribution in [0.1, 0.15) is 45.9 Å². The van der Waals surface area contributed by atoms with Gasteiger partial charge in [-0.2, -0.15) is 0 Å². The molecule has 1 unspecified atom stereocenters. The number of nitrogens with one attached hydrogen (secondary N) is 1. The molecule has 0 saturated carbocycles. The highest BCUT2D eigenvalue weighted by Gasteiger charge is 2.12. The SMILES string of the molecule is CSc1nnc(CCCNC(=O)CCC(C)N)n1CC(C)C.Cl. The van der Waals surface area contributed by atoms with Gasteiger partial charge in [0.05, 0.1) is 0 Å². The highest BCUT2D eigenvalue weighted by atomic mass is 35.5. The van der Waals surface area contributed by atoms with Gasteiger partial charge in [-0.05, 0) is 31.9 Å². The van der Waals surface area contributed by atoms with Crippen molar-refractivity contribution in [1.82, 2.24) is 20.1 Å². The molecule has 8 heteroatoms. The number of rotatable bonds is 10. The van der Waals surface area contributed by atoms with Crippen LogP contribution in [0.15, 0.2) is 5.16 Å². The van der Waals surface area contributed by atoms with E-state index in [0.29, 0.717) is 18.9 Å². The molecule has 1 rings (SSSR count). The van der Waals surface area contributed by atoms with Crippen LogP contribution in [0.4, 0.5) is 0 Å². The number of hydrogen-bond donors (Lipinski definition) is 2. The summed E-state index contributed by atoms with van der Waals surface area (Å²) in [6.07, 6.45) is 4.94. The molecule has 0 fully saturated rings. The smallest absolute Gasteiger partial charge is 0.220 e. The van der Waals surface area contributed by atoms with E-state index < -0.39 is 0 Å². The Balaban J connectivity index is 0.00000484. The first-order chi connectivity index (χ1) is 10.4. The number of halogens is 1. The Bertz CT molecular complexity index is 465. The normalized spacial score (nSPS) is 12.1. The summed E-state index contributed by atoms with van der Waals surface area (Å²) in [6.45, 7) is 7.89. The second kappa shape index (κ2) is 11.7. The van der Waals surface area contributed by atoms with Crippen molar-refractivity contribution in [3.8, 4) is 0 Å². The maximum Gasteiger partial charge on any atom is 0.220 e. The number of nitrogens with two attached hydrogens (primary N) is 1. The van der Waals surface area contributed by atoms with Gasteiger partial charge >= 0.3 is 0 Å². The molecule has 0 aromatic carbocycles. The Labute approximate surface area is 149 Å². The highest BCUT2D eigenvalue weighted by molar-refractivity contribution is 7.98. The molecular weight excluding hydrogens is 334 g/mol. The summed E-state index contributed by atoms with van der Waals surface area (Å²) in [6, 6.07) is 0.0744. The van der Waals surface area contributed by atoms with Gasteiger partial charge in [0.1, 0.15) is 5.82 Å². The lowest BCUT2D eigenvalue weighted by Gasteiger charge is -2.12. The molecule has 0 aliphatic carbocycles. The van der Waals surface area contributed by atoms with E-state index in [0.717, 1.165) is 36.8 Å². The first-order valence-electron chi connectivity index (χ1n) is 7.92. The van der Waals surface area contributed by atoms with E-state index in [2.05, 4.69) is 33.9 Å². The topological polar surface area (TPSA) is 85.8 Å². The summed E-state index contributed by atoms with van der Waals surface area (Å²) in [5.41, 5.74) is 5.64. The van der Waals surface area contributed by atoms with Crippen LogP contribution in [0.5, 0.6) is 0 Å². The monoisotopic (exact) mass is 363 g/mol. The van der Waals surface area contributed by atoms with Crippen molar-refractivity contribution in [3.63, 3.8) is 0 Å². The van der Waals surface area contributed by atoms with Gasteiger partial charge in [0.15, 0.2) is 5.16 Å². The summed E-state index contributed by atoms with van der Waals surface area (Å²) in [5, 5.41) is 12.4. The van der Waals surface area contributed by atoms with Gasteiger partial charge in [0, 0.05) is 32.0 Å². The van der Waals surface area contributed by atoms with E-state index in [-0.39, 0.29) is 24.4 Å². The number of aryl methyl sites for hydroxylation is 1. The minimum absolute atomic E-state index is 0. The Kier molecular flexibility index (Phi) is 11.3. The zero-order valence-corrected chi connectivity index (χ0v) is 16.2. The van der Waals surface area contributed by atoms with Gasteiger partial charge in [-0.25, -0.2) is 0 Å². The minimum atomic E-state index is 0. The highest BCUT2D eigenvalue weighted by Crippen LogP contribution is 2.16. The fourth-order valence-electron chi connectivity index (χ4n) is 2.12. The molecule has 0 spiro atoms. The van der Waals surface area contributed by atoms with Gasteiger partial charge in [-0.3, -0.25) is 4.79 Å². The quantitative estimate of drug-likeness (QED) is 0.492. The number of hydrogen-bond acceptors (Lipinski definition) is 5. The Morgan fingerprint density at radius 3 is 2.61 bits per heavy atom. The lowest BCUT2D eigenvalue weighted by atomic mass is 10.2. The van der Waals surface area contributed by atoms with Crippen LogP contribution in [0, 0.1) is 5.92 Å². The van der Waals surface area contributed by atoms with Crippen molar-refractivity contribution in [2.45, 2.75) is 64.2 Å². The van der Waals surface area contributed by atoms with Gasteiger partial charge in [0.2, 0.25) is 5.91 Å². The van der Waals surface area contributed by atoms with Crippen LogP contribution in [-0.4, -0.2) is 39.5 Å². The number of nitrogens with zero attached hydrogens (tertiary/aromatic N) is 3. The summed E-state index contributed by atoms with van der Waals surface area (Å²) >= 11 is 1.62. The number of aromatic nitrogens is 3.